The maximum absolute atomic E-state index is 12.0. The van der Waals surface area contributed by atoms with Crippen molar-refractivity contribution in [2.75, 3.05) is 24.3 Å². The highest BCUT2D eigenvalue weighted by molar-refractivity contribution is 7.17. The van der Waals surface area contributed by atoms with Gasteiger partial charge in [-0.15, -0.1) is 22.9 Å². The Bertz CT molecular complexity index is 811. The summed E-state index contributed by atoms with van der Waals surface area (Å²) in [5.41, 5.74) is 1.39. The number of carbonyl (C=O) groups is 1. The maximum atomic E-state index is 12.0. The molecule has 8 nitrogen and oxygen atoms in total. The van der Waals surface area contributed by atoms with Gasteiger partial charge < -0.3 is 15.2 Å². The van der Waals surface area contributed by atoms with E-state index in [9.17, 15) is 20.0 Å². The summed E-state index contributed by atoms with van der Waals surface area (Å²) >= 11 is 6.69. The number of nitrogens with zero attached hydrogens (tertiary/aromatic N) is 2. The number of aliphatic hydroxyl groups is 1. The van der Waals surface area contributed by atoms with E-state index in [4.69, 9.17) is 16.3 Å². The molecule has 0 aliphatic rings. The van der Waals surface area contributed by atoms with E-state index < -0.39 is 17.0 Å². The van der Waals surface area contributed by atoms with Crippen LogP contribution in [0.5, 0.6) is 0 Å². The van der Waals surface area contributed by atoms with E-state index in [1.54, 1.807) is 13.8 Å². The van der Waals surface area contributed by atoms with Gasteiger partial charge in [0.25, 0.3) is 5.69 Å². The highest BCUT2D eigenvalue weighted by Gasteiger charge is 2.21. The van der Waals surface area contributed by atoms with Crippen molar-refractivity contribution in [1.29, 1.82) is 0 Å². The number of carbonyl (C=O) groups excluding carboxylic acids is 1. The average molecular weight is 400 g/mol. The van der Waals surface area contributed by atoms with Crippen LogP contribution >= 0.6 is 22.9 Å². The van der Waals surface area contributed by atoms with Crippen molar-refractivity contribution < 1.29 is 19.6 Å². The molecular weight excluding hydrogens is 382 g/mol. The molecule has 10 heteroatoms. The van der Waals surface area contributed by atoms with Crippen molar-refractivity contribution in [3.63, 3.8) is 0 Å². The lowest BCUT2D eigenvalue weighted by molar-refractivity contribution is -0.384. The molecule has 2 aromatic rings. The monoisotopic (exact) mass is 399 g/mol. The van der Waals surface area contributed by atoms with Crippen LogP contribution in [0.3, 0.4) is 0 Å². The summed E-state index contributed by atoms with van der Waals surface area (Å²) in [6, 6.07) is 4.27. The standard InChI is InChI=1S/C16H18ClN3O5S/c1-3-25-16(22)14-9(2)19-15(26-14)12-6-10(20(23)24)4-5-13(12)18-8-11(21)7-17/h4-6,11,18,21H,3,7-8H2,1-2H3. The minimum atomic E-state index is -0.771. The number of non-ortho nitro benzene ring substituents is 1. The number of nitro benzene ring substituents is 1. The van der Waals surface area contributed by atoms with Gasteiger partial charge >= 0.3 is 5.97 Å². The van der Waals surface area contributed by atoms with E-state index in [1.807, 2.05) is 0 Å². The van der Waals surface area contributed by atoms with Gasteiger partial charge in [0.05, 0.1) is 29.2 Å². The molecule has 0 fully saturated rings. The highest BCUT2D eigenvalue weighted by atomic mass is 35.5. The molecular formula is C16H18ClN3O5S. The molecule has 1 atom stereocenters. The van der Waals surface area contributed by atoms with Gasteiger partial charge in [-0.25, -0.2) is 9.78 Å². The van der Waals surface area contributed by atoms with Gasteiger partial charge in [0.15, 0.2) is 0 Å². The van der Waals surface area contributed by atoms with E-state index in [0.717, 1.165) is 11.3 Å². The van der Waals surface area contributed by atoms with E-state index in [1.165, 1.54) is 18.2 Å². The quantitative estimate of drug-likeness (QED) is 0.303. The van der Waals surface area contributed by atoms with E-state index >= 15 is 0 Å². The number of nitrogens with one attached hydrogen (secondary N) is 1. The number of aryl methyl sites for hydroxylation is 1. The molecule has 0 amide bonds. The summed E-state index contributed by atoms with van der Waals surface area (Å²) < 4.78 is 5.00. The average Bonchev–Trinajstić information content (AvgIpc) is 3.01. The summed E-state index contributed by atoms with van der Waals surface area (Å²) in [5.74, 6) is -0.426. The van der Waals surface area contributed by atoms with Crippen LogP contribution in [0.2, 0.25) is 0 Å². The molecule has 1 unspecified atom stereocenters. The van der Waals surface area contributed by atoms with Gasteiger partial charge in [0.2, 0.25) is 0 Å². The highest BCUT2D eigenvalue weighted by Crippen LogP contribution is 2.36. The molecule has 140 valence electrons. The Labute approximate surface area is 158 Å². The molecule has 1 aromatic carbocycles. The second kappa shape index (κ2) is 8.93. The number of esters is 1. The molecule has 0 saturated carbocycles. The first-order valence-corrected chi connectivity index (χ1v) is 9.13. The Morgan fingerprint density at radius 2 is 2.27 bits per heavy atom. The Morgan fingerprint density at radius 1 is 1.54 bits per heavy atom. The Kier molecular flexibility index (Phi) is 6.90. The van der Waals surface area contributed by atoms with Crippen LogP contribution < -0.4 is 5.32 Å². The number of benzene rings is 1. The van der Waals surface area contributed by atoms with Gasteiger partial charge in [-0.1, -0.05) is 0 Å². The van der Waals surface area contributed by atoms with Crippen molar-refractivity contribution in [2.24, 2.45) is 0 Å². The molecule has 1 heterocycles. The number of alkyl halides is 1. The zero-order valence-electron chi connectivity index (χ0n) is 14.2. The molecule has 0 bridgehead atoms. The fourth-order valence-corrected chi connectivity index (χ4v) is 3.26. The third-order valence-corrected chi connectivity index (χ3v) is 4.94. The number of rotatable bonds is 8. The van der Waals surface area contributed by atoms with Crippen molar-refractivity contribution >= 4 is 40.3 Å². The van der Waals surface area contributed by atoms with E-state index in [2.05, 4.69) is 10.3 Å². The van der Waals surface area contributed by atoms with Crippen molar-refractivity contribution in [1.82, 2.24) is 4.98 Å². The summed E-state index contributed by atoms with van der Waals surface area (Å²) in [6.45, 7) is 3.79. The maximum Gasteiger partial charge on any atom is 0.350 e. The van der Waals surface area contributed by atoms with Gasteiger partial charge in [-0.05, 0) is 19.9 Å². The SMILES string of the molecule is CCOC(=O)c1sc(-c2cc([N+](=O)[O-])ccc2NCC(O)CCl)nc1C. The fourth-order valence-electron chi connectivity index (χ4n) is 2.16. The molecule has 1 aromatic heterocycles. The van der Waals surface area contributed by atoms with Crippen LogP contribution in [0.4, 0.5) is 11.4 Å². The largest absolute Gasteiger partial charge is 0.462 e. The van der Waals surface area contributed by atoms with Crippen molar-refractivity contribution in [2.45, 2.75) is 20.0 Å². The number of hydrogen-bond donors (Lipinski definition) is 2. The number of aliphatic hydroxyl groups excluding tert-OH is 1. The predicted octanol–water partition coefficient (Wildman–Crippen LogP) is 3.22. The number of ether oxygens (including phenoxy) is 1. The topological polar surface area (TPSA) is 115 Å². The lowest BCUT2D eigenvalue weighted by Crippen LogP contribution is -2.21. The number of hydrogen-bond acceptors (Lipinski definition) is 8. The first-order valence-electron chi connectivity index (χ1n) is 7.78. The Morgan fingerprint density at radius 3 is 2.88 bits per heavy atom. The summed E-state index contributed by atoms with van der Waals surface area (Å²) in [6.07, 6.45) is -0.771. The molecule has 0 spiro atoms. The van der Waals surface area contributed by atoms with Crippen LogP contribution in [-0.2, 0) is 4.74 Å². The zero-order chi connectivity index (χ0) is 19.3. The van der Waals surface area contributed by atoms with Gasteiger partial charge in [-0.3, -0.25) is 10.1 Å². The van der Waals surface area contributed by atoms with Crippen LogP contribution in [0, 0.1) is 17.0 Å². The lowest BCUT2D eigenvalue weighted by atomic mass is 10.1. The zero-order valence-corrected chi connectivity index (χ0v) is 15.8. The number of anilines is 1. The van der Waals surface area contributed by atoms with Gasteiger partial charge in [0, 0.05) is 29.9 Å². The second-order valence-corrected chi connectivity index (χ2v) is 6.64. The molecule has 26 heavy (non-hydrogen) atoms. The molecule has 0 saturated heterocycles. The van der Waals surface area contributed by atoms with Crippen LogP contribution in [0.1, 0.15) is 22.3 Å². The third-order valence-electron chi connectivity index (χ3n) is 3.41. The molecule has 0 radical (unpaired) electrons. The normalized spacial score (nSPS) is 11.8. The van der Waals surface area contributed by atoms with Crippen molar-refractivity contribution in [3.8, 4) is 10.6 Å². The smallest absolute Gasteiger partial charge is 0.350 e. The fraction of sp³-hybridized carbons (Fsp3) is 0.375. The van der Waals surface area contributed by atoms with Crippen molar-refractivity contribution in [3.05, 3.63) is 38.9 Å². The molecule has 0 aliphatic carbocycles. The van der Waals surface area contributed by atoms with Crippen LogP contribution in [-0.4, -0.2) is 46.1 Å². The third kappa shape index (κ3) is 4.69. The molecule has 2 rings (SSSR count). The summed E-state index contributed by atoms with van der Waals surface area (Å²) in [5, 5.41) is 24.2. The molecule has 0 aliphatic heterocycles. The van der Waals surface area contributed by atoms with E-state index in [-0.39, 0.29) is 24.7 Å². The Hall–Kier alpha value is -2.23. The van der Waals surface area contributed by atoms with Gasteiger partial charge in [0.1, 0.15) is 9.88 Å². The molecule has 2 N–H and O–H groups in total. The predicted molar refractivity (Wildman–Crippen MR) is 100 cm³/mol. The number of thiazole rings is 1. The number of halogens is 1. The summed E-state index contributed by atoms with van der Waals surface area (Å²) in [7, 11) is 0. The van der Waals surface area contributed by atoms with E-state index in [0.29, 0.717) is 26.8 Å². The first kappa shape index (κ1) is 20.1. The Balaban J connectivity index is 2.45. The van der Waals surface area contributed by atoms with Gasteiger partial charge in [-0.2, -0.15) is 0 Å². The first-order chi connectivity index (χ1) is 12.4. The summed E-state index contributed by atoms with van der Waals surface area (Å²) in [4.78, 5) is 27.3. The second-order valence-electron chi connectivity index (χ2n) is 5.33. The minimum Gasteiger partial charge on any atom is -0.462 e. The van der Waals surface area contributed by atoms with Crippen LogP contribution in [0.25, 0.3) is 10.6 Å². The minimum absolute atomic E-state index is 0.0542. The number of nitro groups is 1. The van der Waals surface area contributed by atoms with Crippen LogP contribution in [0.15, 0.2) is 18.2 Å². The lowest BCUT2D eigenvalue weighted by Gasteiger charge is -2.13. The number of aromatic nitrogens is 1.